The second kappa shape index (κ2) is 9.77. The number of aliphatic hydroxyl groups is 1. The Kier molecular flexibility index (Phi) is 6.79. The Morgan fingerprint density at radius 3 is 2.29 bits per heavy atom. The first-order valence-corrected chi connectivity index (χ1v) is 12.1. The minimum Gasteiger partial charge on any atom is -0.507 e. The molecule has 1 fully saturated rings. The first-order chi connectivity index (χ1) is 16.3. The lowest BCUT2D eigenvalue weighted by atomic mass is 9.94. The number of benzene rings is 2. The highest BCUT2D eigenvalue weighted by molar-refractivity contribution is 7.15. The molecule has 34 heavy (non-hydrogen) atoms. The molecule has 7 nitrogen and oxygen atoms in total. The van der Waals surface area contributed by atoms with Crippen molar-refractivity contribution in [3.05, 3.63) is 75.8 Å². The first-order valence-electron chi connectivity index (χ1n) is 11.3. The van der Waals surface area contributed by atoms with E-state index in [-0.39, 0.29) is 17.3 Å². The lowest BCUT2D eigenvalue weighted by Gasteiger charge is -2.22. The van der Waals surface area contributed by atoms with Crippen LogP contribution in [-0.4, -0.2) is 33.6 Å². The smallest absolute Gasteiger partial charge is 0.301 e. The number of carbonyl (C=O) groups excluding carboxylic acids is 2. The van der Waals surface area contributed by atoms with Crippen LogP contribution in [0.3, 0.4) is 0 Å². The van der Waals surface area contributed by atoms with Gasteiger partial charge in [-0.2, -0.15) is 0 Å². The van der Waals surface area contributed by atoms with Crippen LogP contribution >= 0.6 is 11.3 Å². The van der Waals surface area contributed by atoms with Crippen molar-refractivity contribution in [3.8, 4) is 5.75 Å². The predicted octanol–water partition coefficient (Wildman–Crippen LogP) is 5.25. The van der Waals surface area contributed by atoms with Crippen LogP contribution in [0.25, 0.3) is 5.76 Å². The van der Waals surface area contributed by atoms with Crippen molar-refractivity contribution in [3.63, 3.8) is 0 Å². The van der Waals surface area contributed by atoms with Crippen molar-refractivity contribution < 1.29 is 19.4 Å². The highest BCUT2D eigenvalue weighted by Gasteiger charge is 2.48. The Labute approximate surface area is 202 Å². The Balaban J connectivity index is 1.86. The van der Waals surface area contributed by atoms with Crippen molar-refractivity contribution in [1.29, 1.82) is 0 Å². The van der Waals surface area contributed by atoms with Gasteiger partial charge < -0.3 is 9.84 Å². The molecule has 2 heterocycles. The fourth-order valence-electron chi connectivity index (χ4n) is 3.87. The summed E-state index contributed by atoms with van der Waals surface area (Å²) in [6, 6.07) is 13.7. The quantitative estimate of drug-likeness (QED) is 0.284. The molecule has 8 heteroatoms. The van der Waals surface area contributed by atoms with E-state index < -0.39 is 17.7 Å². The van der Waals surface area contributed by atoms with Crippen molar-refractivity contribution in [2.45, 2.75) is 46.1 Å². The molecule has 0 saturated carbocycles. The van der Waals surface area contributed by atoms with Crippen molar-refractivity contribution in [1.82, 2.24) is 10.2 Å². The fraction of sp³-hybridized carbons (Fsp3) is 0.308. The molecule has 176 valence electrons. The van der Waals surface area contributed by atoms with E-state index in [2.05, 4.69) is 17.1 Å². The maximum absolute atomic E-state index is 13.2. The summed E-state index contributed by atoms with van der Waals surface area (Å²) >= 11 is 1.28. The average molecular weight is 478 g/mol. The maximum Gasteiger partial charge on any atom is 0.301 e. The van der Waals surface area contributed by atoms with E-state index in [1.54, 1.807) is 24.3 Å². The fourth-order valence-corrected chi connectivity index (χ4v) is 4.74. The molecule has 1 atom stereocenters. The Morgan fingerprint density at radius 1 is 1.06 bits per heavy atom. The Bertz CT molecular complexity index is 1230. The molecule has 0 spiro atoms. The average Bonchev–Trinajstić information content (AvgIpc) is 3.43. The Morgan fingerprint density at radius 2 is 1.74 bits per heavy atom. The van der Waals surface area contributed by atoms with Crippen LogP contribution < -0.4 is 9.64 Å². The molecule has 1 saturated heterocycles. The zero-order valence-corrected chi connectivity index (χ0v) is 20.4. The molecule has 0 bridgehead atoms. The maximum atomic E-state index is 13.2. The standard InChI is InChI=1S/C26H27N3O4S/c1-5-16-7-9-17(10-8-16)21-20(22(30)18-11-13-19(14-12-18)33-6-2)23(31)25(32)29(21)26-28-27-24(34-26)15(3)4/h7-15,21,30H,5-6H2,1-4H3/t21-/m0/s1. The molecule has 1 N–H and O–H groups in total. The number of ether oxygens (including phenoxy) is 1. The summed E-state index contributed by atoms with van der Waals surface area (Å²) in [7, 11) is 0. The van der Waals surface area contributed by atoms with Gasteiger partial charge in [-0.1, -0.05) is 56.4 Å². The van der Waals surface area contributed by atoms with Crippen LogP contribution in [0.2, 0.25) is 0 Å². The minimum atomic E-state index is -0.814. The monoisotopic (exact) mass is 477 g/mol. The summed E-state index contributed by atoms with van der Waals surface area (Å²) in [4.78, 5) is 27.8. The van der Waals surface area contributed by atoms with Gasteiger partial charge in [0.15, 0.2) is 0 Å². The summed E-state index contributed by atoms with van der Waals surface area (Å²) in [5.41, 5.74) is 2.30. The highest BCUT2D eigenvalue weighted by Crippen LogP contribution is 2.43. The third kappa shape index (κ3) is 4.33. The summed E-state index contributed by atoms with van der Waals surface area (Å²) in [6.45, 7) is 8.44. The Hall–Kier alpha value is -3.52. The number of nitrogens with zero attached hydrogens (tertiary/aromatic N) is 3. The lowest BCUT2D eigenvalue weighted by molar-refractivity contribution is -0.132. The topological polar surface area (TPSA) is 92.6 Å². The van der Waals surface area contributed by atoms with E-state index in [0.29, 0.717) is 28.6 Å². The minimum absolute atomic E-state index is 0.0275. The van der Waals surface area contributed by atoms with Crippen LogP contribution in [0, 0.1) is 0 Å². The van der Waals surface area contributed by atoms with Gasteiger partial charge in [0.25, 0.3) is 5.78 Å². The molecular formula is C26H27N3O4S. The largest absolute Gasteiger partial charge is 0.507 e. The predicted molar refractivity (Wildman–Crippen MR) is 132 cm³/mol. The van der Waals surface area contributed by atoms with Gasteiger partial charge >= 0.3 is 5.91 Å². The van der Waals surface area contributed by atoms with Gasteiger partial charge in [0, 0.05) is 11.5 Å². The van der Waals surface area contributed by atoms with Gasteiger partial charge in [-0.3, -0.25) is 14.5 Å². The van der Waals surface area contributed by atoms with Gasteiger partial charge in [-0.25, -0.2) is 0 Å². The lowest BCUT2D eigenvalue weighted by Crippen LogP contribution is -2.29. The normalized spacial score (nSPS) is 17.6. The molecule has 1 aromatic heterocycles. The molecule has 0 aliphatic carbocycles. The number of rotatable bonds is 7. The third-order valence-corrected chi connectivity index (χ3v) is 6.94. The summed E-state index contributed by atoms with van der Waals surface area (Å²) < 4.78 is 5.47. The zero-order chi connectivity index (χ0) is 24.4. The van der Waals surface area contributed by atoms with Crippen molar-refractivity contribution in [2.75, 3.05) is 11.5 Å². The zero-order valence-electron chi connectivity index (χ0n) is 19.6. The highest BCUT2D eigenvalue weighted by atomic mass is 32.1. The molecule has 2 aromatic carbocycles. The summed E-state index contributed by atoms with van der Waals surface area (Å²) in [5.74, 6) is -0.932. The number of hydrogen-bond donors (Lipinski definition) is 1. The van der Waals surface area contributed by atoms with E-state index >= 15 is 0 Å². The first kappa shape index (κ1) is 23.6. The molecule has 1 aliphatic rings. The molecule has 1 aliphatic heterocycles. The van der Waals surface area contributed by atoms with E-state index in [0.717, 1.165) is 17.0 Å². The van der Waals surface area contributed by atoms with Gasteiger partial charge in [0.1, 0.15) is 16.5 Å². The number of anilines is 1. The van der Waals surface area contributed by atoms with Gasteiger partial charge in [-0.05, 0) is 48.7 Å². The number of Topliss-reactive ketones (excluding diaryl/α,β-unsaturated/α-hetero) is 1. The molecule has 4 rings (SSSR count). The molecule has 0 unspecified atom stereocenters. The molecule has 3 aromatic rings. The van der Waals surface area contributed by atoms with Crippen LogP contribution in [-0.2, 0) is 16.0 Å². The second-order valence-electron chi connectivity index (χ2n) is 8.30. The van der Waals surface area contributed by atoms with E-state index in [1.807, 2.05) is 45.0 Å². The van der Waals surface area contributed by atoms with Crippen LogP contribution in [0.1, 0.15) is 61.4 Å². The second-order valence-corrected chi connectivity index (χ2v) is 9.29. The van der Waals surface area contributed by atoms with Crippen molar-refractivity contribution >= 4 is 33.9 Å². The van der Waals surface area contributed by atoms with E-state index in [9.17, 15) is 14.7 Å². The van der Waals surface area contributed by atoms with Gasteiger partial charge in [0.2, 0.25) is 5.13 Å². The number of hydrogen-bond acceptors (Lipinski definition) is 7. The van der Waals surface area contributed by atoms with E-state index in [1.165, 1.54) is 16.2 Å². The molecular weight excluding hydrogens is 450 g/mol. The summed E-state index contributed by atoms with van der Waals surface area (Å²) in [5, 5.41) is 20.7. The third-order valence-electron chi connectivity index (χ3n) is 5.72. The van der Waals surface area contributed by atoms with Gasteiger partial charge in [0.05, 0.1) is 18.2 Å². The SMILES string of the molecule is CCOc1ccc(C(O)=C2C(=O)C(=O)N(c3nnc(C(C)C)s3)[C@H]2c2ccc(CC)cc2)cc1. The van der Waals surface area contributed by atoms with Crippen molar-refractivity contribution in [2.24, 2.45) is 0 Å². The number of carbonyl (C=O) groups is 2. The van der Waals surface area contributed by atoms with Crippen LogP contribution in [0.4, 0.5) is 5.13 Å². The summed E-state index contributed by atoms with van der Waals surface area (Å²) in [6.07, 6.45) is 0.862. The van der Waals surface area contributed by atoms with Crippen LogP contribution in [0.15, 0.2) is 54.1 Å². The number of aryl methyl sites for hydroxylation is 1. The number of amides is 1. The molecule has 0 radical (unpaired) electrons. The number of ketones is 1. The number of aromatic nitrogens is 2. The molecule has 1 amide bonds. The van der Waals surface area contributed by atoms with E-state index in [4.69, 9.17) is 4.74 Å². The number of aliphatic hydroxyl groups excluding tert-OH is 1. The van der Waals surface area contributed by atoms with Crippen LogP contribution in [0.5, 0.6) is 5.75 Å². The van der Waals surface area contributed by atoms with Gasteiger partial charge in [-0.15, -0.1) is 10.2 Å².